The van der Waals surface area contributed by atoms with Gasteiger partial charge in [0.05, 0.1) is 13.2 Å². The molecule has 22 heavy (non-hydrogen) atoms. The number of aliphatic hydroxyl groups excluding tert-OH is 1. The van der Waals surface area contributed by atoms with Crippen LogP contribution in [0.15, 0.2) is 22.8 Å². The van der Waals surface area contributed by atoms with Crippen LogP contribution in [0.3, 0.4) is 0 Å². The van der Waals surface area contributed by atoms with E-state index in [1.54, 1.807) is 16.7 Å². The summed E-state index contributed by atoms with van der Waals surface area (Å²) in [5.41, 5.74) is 4.83. The molecular weight excluding hydrogens is 276 g/mol. The highest BCUT2D eigenvalue weighted by molar-refractivity contribution is 5.44. The highest BCUT2D eigenvalue weighted by atomic mass is 16.7. The summed E-state index contributed by atoms with van der Waals surface area (Å²) in [5.74, 6) is 0.886. The lowest BCUT2D eigenvalue weighted by molar-refractivity contribution is -0.164. The van der Waals surface area contributed by atoms with Crippen molar-refractivity contribution in [3.8, 4) is 0 Å². The molecule has 0 radical (unpaired) electrons. The van der Waals surface area contributed by atoms with Crippen LogP contribution < -0.4 is 0 Å². The van der Waals surface area contributed by atoms with Gasteiger partial charge >= 0.3 is 0 Å². The molecule has 1 unspecified atom stereocenters. The third kappa shape index (κ3) is 2.13. The second-order valence-electron chi connectivity index (χ2n) is 7.98. The van der Waals surface area contributed by atoms with E-state index in [0.29, 0.717) is 18.4 Å². The zero-order chi connectivity index (χ0) is 15.4. The van der Waals surface area contributed by atoms with Gasteiger partial charge < -0.3 is 14.6 Å². The monoisotopic (exact) mass is 304 g/mol. The molecule has 0 aromatic heterocycles. The van der Waals surface area contributed by atoms with Crippen LogP contribution in [0.5, 0.6) is 0 Å². The topological polar surface area (TPSA) is 38.7 Å². The fraction of sp³-hybridized carbons (Fsp3) is 0.789. The normalized spacial score (nSPS) is 40.4. The highest BCUT2D eigenvalue weighted by Crippen LogP contribution is 2.54. The predicted molar refractivity (Wildman–Crippen MR) is 85.3 cm³/mol. The summed E-state index contributed by atoms with van der Waals surface area (Å²) in [6, 6.07) is 0. The van der Waals surface area contributed by atoms with E-state index in [1.165, 1.54) is 12.8 Å². The fourth-order valence-electron chi connectivity index (χ4n) is 5.07. The molecule has 0 aromatic carbocycles. The zero-order valence-electron chi connectivity index (χ0n) is 13.9. The van der Waals surface area contributed by atoms with Gasteiger partial charge in [-0.05, 0) is 54.1 Å². The lowest BCUT2D eigenvalue weighted by atomic mass is 9.58. The largest absolute Gasteiger partial charge is 0.396 e. The third-order valence-electron chi connectivity index (χ3n) is 6.84. The van der Waals surface area contributed by atoms with Gasteiger partial charge in [-0.15, -0.1) is 0 Å². The number of hydrogen-bond donors (Lipinski definition) is 1. The van der Waals surface area contributed by atoms with Crippen LogP contribution in [0.4, 0.5) is 0 Å². The Labute approximate surface area is 133 Å². The van der Waals surface area contributed by atoms with Crippen molar-refractivity contribution in [2.45, 2.75) is 58.2 Å². The number of hydrogen-bond acceptors (Lipinski definition) is 3. The molecule has 1 N–H and O–H groups in total. The van der Waals surface area contributed by atoms with E-state index in [-0.39, 0.29) is 11.2 Å². The average Bonchev–Trinajstić information content (AvgIpc) is 2.98. The van der Waals surface area contributed by atoms with E-state index < -0.39 is 0 Å². The van der Waals surface area contributed by atoms with Gasteiger partial charge in [0.1, 0.15) is 0 Å². The van der Waals surface area contributed by atoms with E-state index in [9.17, 15) is 5.11 Å². The van der Waals surface area contributed by atoms with Crippen molar-refractivity contribution >= 4 is 0 Å². The first-order chi connectivity index (χ1) is 10.6. The minimum Gasteiger partial charge on any atom is -0.396 e. The van der Waals surface area contributed by atoms with Crippen LogP contribution >= 0.6 is 0 Å². The standard InChI is InChI=1S/C19H28O3/c1-13-15-4-3-14-11-19(21-9-10-22-19)8-6-16(14)17(15)5-7-18(13,2)12-20/h5,13,15,20H,3-4,6-12H2,1-2H3/t13-,15?,18+/m0/s1. The van der Waals surface area contributed by atoms with Crippen molar-refractivity contribution in [1.82, 2.24) is 0 Å². The van der Waals surface area contributed by atoms with E-state index in [0.717, 1.165) is 38.9 Å². The van der Waals surface area contributed by atoms with Crippen molar-refractivity contribution in [2.75, 3.05) is 19.8 Å². The Morgan fingerprint density at radius 2 is 2.05 bits per heavy atom. The van der Waals surface area contributed by atoms with Gasteiger partial charge in [-0.1, -0.05) is 25.5 Å². The van der Waals surface area contributed by atoms with E-state index in [4.69, 9.17) is 9.47 Å². The lowest BCUT2D eigenvalue weighted by Crippen LogP contribution is -2.41. The van der Waals surface area contributed by atoms with Gasteiger partial charge in [0.15, 0.2) is 5.79 Å². The Balaban J connectivity index is 1.64. The van der Waals surface area contributed by atoms with Crippen LogP contribution in [-0.2, 0) is 9.47 Å². The predicted octanol–water partition coefficient (Wildman–Crippen LogP) is 3.58. The highest BCUT2D eigenvalue weighted by Gasteiger charge is 2.46. The van der Waals surface area contributed by atoms with Gasteiger partial charge in [-0.25, -0.2) is 0 Å². The summed E-state index contributed by atoms with van der Waals surface area (Å²) in [6.45, 7) is 6.38. The maximum atomic E-state index is 9.81. The van der Waals surface area contributed by atoms with Crippen LogP contribution in [0.25, 0.3) is 0 Å². The summed E-state index contributed by atoms with van der Waals surface area (Å²) in [4.78, 5) is 0. The molecule has 1 saturated heterocycles. The molecular formula is C19H28O3. The van der Waals surface area contributed by atoms with Crippen molar-refractivity contribution in [3.05, 3.63) is 22.8 Å². The number of allylic oxidation sites excluding steroid dienone is 3. The van der Waals surface area contributed by atoms with Crippen LogP contribution in [-0.4, -0.2) is 30.7 Å². The Morgan fingerprint density at radius 1 is 1.27 bits per heavy atom. The van der Waals surface area contributed by atoms with Crippen LogP contribution in [0.2, 0.25) is 0 Å². The molecule has 3 aliphatic carbocycles. The number of aliphatic hydroxyl groups is 1. The Bertz CT molecular complexity index is 527. The first-order valence-corrected chi connectivity index (χ1v) is 8.87. The Kier molecular flexibility index (Phi) is 3.52. The van der Waals surface area contributed by atoms with Crippen LogP contribution in [0, 0.1) is 17.3 Å². The summed E-state index contributed by atoms with van der Waals surface area (Å²) in [5, 5.41) is 9.81. The summed E-state index contributed by atoms with van der Waals surface area (Å²) < 4.78 is 11.9. The molecule has 1 heterocycles. The molecule has 1 aliphatic heterocycles. The molecule has 0 amide bonds. The second kappa shape index (κ2) is 5.19. The number of ether oxygens (including phenoxy) is 2. The molecule has 122 valence electrons. The first kappa shape index (κ1) is 14.9. The lowest BCUT2D eigenvalue weighted by Gasteiger charge is -2.48. The van der Waals surface area contributed by atoms with E-state index in [1.807, 2.05) is 0 Å². The summed E-state index contributed by atoms with van der Waals surface area (Å²) in [6.07, 6.45) is 8.91. The molecule has 3 nitrogen and oxygen atoms in total. The first-order valence-electron chi connectivity index (χ1n) is 8.87. The Morgan fingerprint density at radius 3 is 2.77 bits per heavy atom. The molecule has 1 spiro atoms. The second-order valence-corrected chi connectivity index (χ2v) is 7.98. The molecule has 4 rings (SSSR count). The minimum atomic E-state index is -0.299. The smallest absolute Gasteiger partial charge is 0.172 e. The van der Waals surface area contributed by atoms with Crippen LogP contribution in [0.1, 0.15) is 52.4 Å². The van der Waals surface area contributed by atoms with Crippen molar-refractivity contribution < 1.29 is 14.6 Å². The molecule has 4 aliphatic rings. The molecule has 0 aromatic rings. The van der Waals surface area contributed by atoms with Crippen molar-refractivity contribution in [1.29, 1.82) is 0 Å². The maximum Gasteiger partial charge on any atom is 0.172 e. The van der Waals surface area contributed by atoms with Gasteiger partial charge in [-0.2, -0.15) is 0 Å². The Hall–Kier alpha value is -0.640. The minimum absolute atomic E-state index is 0.0554. The number of fused-ring (bicyclic) bond motifs is 2. The average molecular weight is 304 g/mol. The van der Waals surface area contributed by atoms with Gasteiger partial charge in [0.2, 0.25) is 0 Å². The molecule has 0 bridgehead atoms. The SMILES string of the molecule is C[C@H]1C2CCC3=C(CCC4(C3)OCCO4)C2=CC[C@]1(C)CO. The molecule has 3 heteroatoms. The number of rotatable bonds is 1. The van der Waals surface area contributed by atoms with Gasteiger partial charge in [0.25, 0.3) is 0 Å². The van der Waals surface area contributed by atoms with E-state index in [2.05, 4.69) is 19.9 Å². The molecule has 0 saturated carbocycles. The van der Waals surface area contributed by atoms with Gasteiger partial charge in [0, 0.05) is 19.4 Å². The van der Waals surface area contributed by atoms with Crippen molar-refractivity contribution in [3.63, 3.8) is 0 Å². The molecule has 1 fully saturated rings. The summed E-state index contributed by atoms with van der Waals surface area (Å²) in [7, 11) is 0. The summed E-state index contributed by atoms with van der Waals surface area (Å²) >= 11 is 0. The third-order valence-corrected chi connectivity index (χ3v) is 6.84. The van der Waals surface area contributed by atoms with E-state index >= 15 is 0 Å². The quantitative estimate of drug-likeness (QED) is 0.804. The van der Waals surface area contributed by atoms with Crippen molar-refractivity contribution in [2.24, 2.45) is 17.3 Å². The zero-order valence-corrected chi connectivity index (χ0v) is 13.9. The fourth-order valence-corrected chi connectivity index (χ4v) is 5.07. The molecule has 3 atom stereocenters. The van der Waals surface area contributed by atoms with Gasteiger partial charge in [-0.3, -0.25) is 0 Å². The maximum absolute atomic E-state index is 9.81.